The summed E-state index contributed by atoms with van der Waals surface area (Å²) in [4.78, 5) is 23.2. The minimum atomic E-state index is -0.210. The summed E-state index contributed by atoms with van der Waals surface area (Å²) in [6.45, 7) is 1.73. The van der Waals surface area contributed by atoms with Crippen LogP contribution < -0.4 is 15.4 Å². The van der Waals surface area contributed by atoms with Crippen LogP contribution in [-0.4, -0.2) is 18.4 Å². The fourth-order valence-electron chi connectivity index (χ4n) is 2.12. The molecule has 0 fully saturated rings. The zero-order valence-corrected chi connectivity index (χ0v) is 16.2. The van der Waals surface area contributed by atoms with Crippen molar-refractivity contribution in [3.05, 3.63) is 51.5 Å². The van der Waals surface area contributed by atoms with Gasteiger partial charge in [0.15, 0.2) is 0 Å². The molecule has 0 bridgehead atoms. The van der Waals surface area contributed by atoms with Gasteiger partial charge in [0.2, 0.25) is 11.8 Å². The maximum Gasteiger partial charge on any atom is 0.224 e. The molecule has 0 unspecified atom stereocenters. The molecule has 0 saturated carbocycles. The van der Waals surface area contributed by atoms with Crippen LogP contribution in [0.25, 0.3) is 0 Å². The minimum Gasteiger partial charge on any atom is -0.492 e. The highest BCUT2D eigenvalue weighted by Crippen LogP contribution is 2.28. The van der Waals surface area contributed by atoms with E-state index >= 15 is 0 Å². The first kappa shape index (κ1) is 20.4. The summed E-state index contributed by atoms with van der Waals surface area (Å²) in [6.07, 6.45) is 0.736. The zero-order chi connectivity index (χ0) is 19.1. The van der Waals surface area contributed by atoms with Crippen LogP contribution in [0.15, 0.2) is 36.4 Å². The average molecular weight is 416 g/mol. The van der Waals surface area contributed by atoms with Gasteiger partial charge in [-0.15, -0.1) is 0 Å². The maximum absolute atomic E-state index is 12.1. The van der Waals surface area contributed by atoms with Crippen molar-refractivity contribution in [2.75, 3.05) is 17.2 Å². The minimum absolute atomic E-state index is 0.206. The Morgan fingerprint density at radius 1 is 1.00 bits per heavy atom. The maximum atomic E-state index is 12.1. The normalized spacial score (nSPS) is 10.3. The van der Waals surface area contributed by atoms with E-state index in [9.17, 15) is 9.59 Å². The molecule has 0 heterocycles. The third-order valence-electron chi connectivity index (χ3n) is 3.26. The highest BCUT2D eigenvalue weighted by atomic mass is 35.5. The quantitative estimate of drug-likeness (QED) is 0.595. The molecule has 2 N–H and O–H groups in total. The van der Waals surface area contributed by atoms with Crippen molar-refractivity contribution in [3.63, 3.8) is 0 Å². The predicted octanol–water partition coefficient (Wildman–Crippen LogP) is 5.40. The first-order valence-corrected chi connectivity index (χ1v) is 8.93. The van der Waals surface area contributed by atoms with E-state index in [-0.39, 0.29) is 18.2 Å². The Morgan fingerprint density at radius 3 is 2.46 bits per heavy atom. The van der Waals surface area contributed by atoms with Gasteiger partial charge in [-0.3, -0.25) is 9.59 Å². The lowest BCUT2D eigenvalue weighted by atomic mass is 10.2. The van der Waals surface area contributed by atoms with Crippen LogP contribution in [0.4, 0.5) is 11.4 Å². The summed E-state index contributed by atoms with van der Waals surface area (Å²) in [5.74, 6) is 0.0998. The van der Waals surface area contributed by atoms with Gasteiger partial charge >= 0.3 is 0 Å². The smallest absolute Gasteiger partial charge is 0.224 e. The second-order valence-electron chi connectivity index (χ2n) is 5.45. The molecular formula is C18H17Cl3N2O3. The molecular weight excluding hydrogens is 399 g/mol. The van der Waals surface area contributed by atoms with Gasteiger partial charge in [-0.25, -0.2) is 0 Å². The number of anilines is 2. The lowest BCUT2D eigenvalue weighted by Gasteiger charge is -2.11. The Balaban J connectivity index is 1.82. The standard InChI is InChI=1S/C18H17Cl3N2O3/c1-11(24)22-13-5-6-14(20)16(10-13)23-18(25)3-2-8-26-17-7-4-12(19)9-15(17)21/h4-7,9-10H,2-3,8H2,1H3,(H,22,24)(H,23,25). The zero-order valence-electron chi connectivity index (χ0n) is 13.9. The van der Waals surface area contributed by atoms with Crippen LogP contribution in [-0.2, 0) is 9.59 Å². The number of halogens is 3. The fraction of sp³-hybridized carbons (Fsp3) is 0.222. The fourth-order valence-corrected chi connectivity index (χ4v) is 2.75. The summed E-state index contributed by atoms with van der Waals surface area (Å²) in [5, 5.41) is 6.69. The van der Waals surface area contributed by atoms with Gasteiger partial charge in [0, 0.05) is 24.1 Å². The Morgan fingerprint density at radius 2 is 1.77 bits per heavy atom. The number of nitrogens with one attached hydrogen (secondary N) is 2. The summed E-state index contributed by atoms with van der Waals surface area (Å²) in [6, 6.07) is 9.82. The number of carbonyl (C=O) groups is 2. The van der Waals surface area contributed by atoms with Crippen molar-refractivity contribution in [2.24, 2.45) is 0 Å². The highest BCUT2D eigenvalue weighted by molar-refractivity contribution is 6.35. The molecule has 26 heavy (non-hydrogen) atoms. The van der Waals surface area contributed by atoms with E-state index in [4.69, 9.17) is 39.5 Å². The van der Waals surface area contributed by atoms with Gasteiger partial charge in [-0.2, -0.15) is 0 Å². The number of amides is 2. The number of rotatable bonds is 7. The number of benzene rings is 2. The first-order chi connectivity index (χ1) is 12.3. The van der Waals surface area contributed by atoms with Crippen LogP contribution in [0.5, 0.6) is 5.75 Å². The van der Waals surface area contributed by atoms with E-state index < -0.39 is 0 Å². The Bertz CT molecular complexity index is 812. The average Bonchev–Trinajstić information content (AvgIpc) is 2.56. The third-order valence-corrected chi connectivity index (χ3v) is 4.12. The second-order valence-corrected chi connectivity index (χ2v) is 6.70. The van der Waals surface area contributed by atoms with Crippen LogP contribution in [0.2, 0.25) is 15.1 Å². The van der Waals surface area contributed by atoms with Crippen molar-refractivity contribution in [1.82, 2.24) is 0 Å². The van der Waals surface area contributed by atoms with E-state index in [0.717, 1.165) is 0 Å². The van der Waals surface area contributed by atoms with E-state index in [2.05, 4.69) is 10.6 Å². The molecule has 2 aromatic rings. The van der Waals surface area contributed by atoms with Crippen molar-refractivity contribution in [3.8, 4) is 5.75 Å². The first-order valence-electron chi connectivity index (χ1n) is 7.80. The molecule has 0 aliphatic carbocycles. The summed E-state index contributed by atoms with van der Waals surface area (Å²) in [5.41, 5.74) is 0.988. The van der Waals surface area contributed by atoms with E-state index in [0.29, 0.717) is 45.2 Å². The van der Waals surface area contributed by atoms with E-state index in [1.165, 1.54) is 6.92 Å². The van der Waals surface area contributed by atoms with Crippen LogP contribution in [0.3, 0.4) is 0 Å². The molecule has 2 amide bonds. The van der Waals surface area contributed by atoms with Gasteiger partial charge in [-0.05, 0) is 42.8 Å². The summed E-state index contributed by atoms with van der Waals surface area (Å²) >= 11 is 17.9. The third kappa shape index (κ3) is 6.41. The Kier molecular flexibility index (Phi) is 7.57. The lowest BCUT2D eigenvalue weighted by molar-refractivity contribution is -0.116. The van der Waals surface area contributed by atoms with Crippen LogP contribution >= 0.6 is 34.8 Å². The van der Waals surface area contributed by atoms with Gasteiger partial charge < -0.3 is 15.4 Å². The molecule has 138 valence electrons. The molecule has 0 saturated heterocycles. The second kappa shape index (κ2) is 9.67. The molecule has 2 rings (SSSR count). The van der Waals surface area contributed by atoms with Gasteiger partial charge in [0.25, 0.3) is 0 Å². The lowest BCUT2D eigenvalue weighted by Crippen LogP contribution is -2.14. The molecule has 2 aromatic carbocycles. The van der Waals surface area contributed by atoms with Crippen molar-refractivity contribution >= 4 is 58.0 Å². The monoisotopic (exact) mass is 414 g/mol. The number of ether oxygens (including phenoxy) is 1. The molecule has 0 radical (unpaired) electrons. The van der Waals surface area contributed by atoms with Crippen molar-refractivity contribution < 1.29 is 14.3 Å². The Labute approximate surface area is 166 Å². The van der Waals surface area contributed by atoms with Crippen molar-refractivity contribution in [1.29, 1.82) is 0 Å². The van der Waals surface area contributed by atoms with Gasteiger partial charge in [-0.1, -0.05) is 34.8 Å². The Hall–Kier alpha value is -1.95. The topological polar surface area (TPSA) is 67.4 Å². The summed E-state index contributed by atoms with van der Waals surface area (Å²) in [7, 11) is 0. The van der Waals surface area contributed by atoms with Crippen LogP contribution in [0.1, 0.15) is 19.8 Å². The highest BCUT2D eigenvalue weighted by Gasteiger charge is 2.08. The molecule has 0 atom stereocenters. The van der Waals surface area contributed by atoms with Crippen LogP contribution in [0, 0.1) is 0 Å². The van der Waals surface area contributed by atoms with Crippen molar-refractivity contribution in [2.45, 2.75) is 19.8 Å². The molecule has 0 spiro atoms. The molecule has 8 heteroatoms. The van der Waals surface area contributed by atoms with Gasteiger partial charge in [0.1, 0.15) is 5.75 Å². The molecule has 0 aromatic heterocycles. The SMILES string of the molecule is CC(=O)Nc1ccc(Cl)c(NC(=O)CCCOc2ccc(Cl)cc2Cl)c1. The molecule has 5 nitrogen and oxygen atoms in total. The van der Waals surface area contributed by atoms with E-state index in [1.54, 1.807) is 36.4 Å². The molecule has 0 aliphatic rings. The van der Waals surface area contributed by atoms with Gasteiger partial charge in [0.05, 0.1) is 22.3 Å². The number of hydrogen-bond donors (Lipinski definition) is 2. The number of carbonyl (C=O) groups excluding carboxylic acids is 2. The predicted molar refractivity (Wildman–Crippen MR) is 106 cm³/mol. The largest absolute Gasteiger partial charge is 0.492 e. The molecule has 0 aliphatic heterocycles. The number of hydrogen-bond acceptors (Lipinski definition) is 3. The van der Waals surface area contributed by atoms with E-state index in [1.807, 2.05) is 0 Å². The summed E-state index contributed by atoms with van der Waals surface area (Å²) < 4.78 is 5.53.